The fourth-order valence-electron chi connectivity index (χ4n) is 0.891. The van der Waals surface area contributed by atoms with Crippen LogP contribution in [0.4, 0.5) is 4.39 Å². The maximum absolute atomic E-state index is 12.7. The van der Waals surface area contributed by atoms with E-state index in [1.807, 2.05) is 4.72 Å². The first-order valence-corrected chi connectivity index (χ1v) is 5.67. The summed E-state index contributed by atoms with van der Waals surface area (Å²) in [6.07, 6.45) is 1.78. The predicted octanol–water partition coefficient (Wildman–Crippen LogP) is -0.0279. The van der Waals surface area contributed by atoms with Crippen molar-refractivity contribution in [3.05, 3.63) is 24.3 Å². The van der Waals surface area contributed by atoms with E-state index in [1.54, 1.807) is 0 Å². The van der Waals surface area contributed by atoms with Crippen molar-refractivity contribution >= 4 is 16.0 Å². The molecule has 0 bridgehead atoms. The third-order valence-corrected chi connectivity index (χ3v) is 3.20. The van der Waals surface area contributed by atoms with Gasteiger partial charge in [-0.25, -0.2) is 12.8 Å². The number of rotatable bonds is 4. The summed E-state index contributed by atoms with van der Waals surface area (Å²) in [5, 5.41) is 8.53. The Kier molecular flexibility index (Phi) is 3.55. The second-order valence-corrected chi connectivity index (χ2v) is 4.73. The maximum atomic E-state index is 12.7. The van der Waals surface area contributed by atoms with Gasteiger partial charge in [0.15, 0.2) is 0 Å². The fraction of sp³-hybridized carbons (Fsp3) is 0.250. The molecule has 0 aliphatic carbocycles. The van der Waals surface area contributed by atoms with Gasteiger partial charge in [0.25, 0.3) is 0 Å². The Labute approximate surface area is 91.2 Å². The Morgan fingerprint density at radius 1 is 1.56 bits per heavy atom. The molecule has 0 aliphatic heterocycles. The third-order valence-electron chi connectivity index (χ3n) is 1.69. The average Bonchev–Trinajstić information content (AvgIpc) is 2.17. The van der Waals surface area contributed by atoms with Gasteiger partial charge in [-0.3, -0.25) is 9.78 Å². The molecule has 0 aliphatic rings. The first-order chi connectivity index (χ1) is 7.33. The lowest BCUT2D eigenvalue weighted by molar-refractivity contribution is -0.138. The van der Waals surface area contributed by atoms with Gasteiger partial charge in [0.1, 0.15) is 16.8 Å². The van der Waals surface area contributed by atoms with E-state index in [4.69, 9.17) is 5.11 Å². The highest BCUT2D eigenvalue weighted by Crippen LogP contribution is 2.08. The Morgan fingerprint density at radius 3 is 2.69 bits per heavy atom. The molecule has 1 aromatic heterocycles. The monoisotopic (exact) mass is 248 g/mol. The smallest absolute Gasteiger partial charge is 0.321 e. The number of aliphatic carboxylic acids is 1. The standard InChI is InChI=1S/C8H9FN2O4S/c1-5(8(12)13)11-16(14,15)7-2-6(9)3-10-4-7/h2-5,11H,1H3,(H,12,13)/t5-/m0/s1. The summed E-state index contributed by atoms with van der Waals surface area (Å²) in [6.45, 7) is 1.16. The van der Waals surface area contributed by atoms with E-state index in [0.717, 1.165) is 25.4 Å². The van der Waals surface area contributed by atoms with E-state index in [-0.39, 0.29) is 0 Å². The number of carbonyl (C=O) groups is 1. The van der Waals surface area contributed by atoms with Crippen molar-refractivity contribution in [2.75, 3.05) is 0 Å². The molecule has 0 radical (unpaired) electrons. The molecule has 0 aromatic carbocycles. The molecular formula is C8H9FN2O4S. The fourth-order valence-corrected chi connectivity index (χ4v) is 2.06. The van der Waals surface area contributed by atoms with Gasteiger partial charge in [-0.1, -0.05) is 0 Å². The maximum Gasteiger partial charge on any atom is 0.321 e. The van der Waals surface area contributed by atoms with Crippen molar-refractivity contribution in [2.45, 2.75) is 17.9 Å². The van der Waals surface area contributed by atoms with Crippen LogP contribution in [0.3, 0.4) is 0 Å². The molecule has 0 amide bonds. The number of carboxylic acids is 1. The predicted molar refractivity (Wildman–Crippen MR) is 51.6 cm³/mol. The lowest BCUT2D eigenvalue weighted by atomic mass is 10.4. The molecule has 0 fully saturated rings. The van der Waals surface area contributed by atoms with Crippen LogP contribution in [0.5, 0.6) is 0 Å². The van der Waals surface area contributed by atoms with Crippen LogP contribution in [0.2, 0.25) is 0 Å². The minimum absolute atomic E-state index is 0.416. The van der Waals surface area contributed by atoms with Crippen LogP contribution in [0.25, 0.3) is 0 Å². The van der Waals surface area contributed by atoms with E-state index in [1.165, 1.54) is 0 Å². The number of halogens is 1. The molecular weight excluding hydrogens is 239 g/mol. The number of pyridine rings is 1. The Morgan fingerprint density at radius 2 is 2.19 bits per heavy atom. The lowest BCUT2D eigenvalue weighted by Crippen LogP contribution is -2.38. The number of aromatic nitrogens is 1. The topological polar surface area (TPSA) is 96.4 Å². The number of hydrogen-bond acceptors (Lipinski definition) is 4. The largest absolute Gasteiger partial charge is 0.480 e. The second kappa shape index (κ2) is 4.54. The average molecular weight is 248 g/mol. The first kappa shape index (κ1) is 12.5. The molecule has 8 heteroatoms. The van der Waals surface area contributed by atoms with Crippen LogP contribution in [0, 0.1) is 5.82 Å². The van der Waals surface area contributed by atoms with E-state index in [9.17, 15) is 17.6 Å². The highest BCUT2D eigenvalue weighted by molar-refractivity contribution is 7.89. The molecule has 1 atom stereocenters. The summed E-state index contributed by atoms with van der Waals surface area (Å²) >= 11 is 0. The number of sulfonamides is 1. The molecule has 2 N–H and O–H groups in total. The zero-order chi connectivity index (χ0) is 12.3. The van der Waals surface area contributed by atoms with Crippen molar-refractivity contribution in [1.82, 2.24) is 9.71 Å². The van der Waals surface area contributed by atoms with Gasteiger partial charge in [-0.15, -0.1) is 0 Å². The highest BCUT2D eigenvalue weighted by atomic mass is 32.2. The third kappa shape index (κ3) is 2.97. The zero-order valence-corrected chi connectivity index (χ0v) is 9.03. The van der Waals surface area contributed by atoms with Gasteiger partial charge in [0.05, 0.1) is 6.20 Å². The second-order valence-electron chi connectivity index (χ2n) is 3.02. The minimum Gasteiger partial charge on any atom is -0.480 e. The number of hydrogen-bond donors (Lipinski definition) is 2. The van der Waals surface area contributed by atoms with Gasteiger partial charge in [-0.2, -0.15) is 4.72 Å². The molecule has 16 heavy (non-hydrogen) atoms. The quantitative estimate of drug-likeness (QED) is 0.780. The summed E-state index contributed by atoms with van der Waals surface area (Å²) in [5.74, 6) is -2.14. The summed E-state index contributed by atoms with van der Waals surface area (Å²) < 4.78 is 37.6. The summed E-state index contributed by atoms with van der Waals surface area (Å²) in [7, 11) is -4.06. The van der Waals surface area contributed by atoms with Gasteiger partial charge in [0.2, 0.25) is 10.0 Å². The molecule has 1 aromatic rings. The van der Waals surface area contributed by atoms with Gasteiger partial charge in [-0.05, 0) is 13.0 Å². The minimum atomic E-state index is -4.06. The first-order valence-electron chi connectivity index (χ1n) is 4.18. The normalized spacial score (nSPS) is 13.4. The highest BCUT2D eigenvalue weighted by Gasteiger charge is 2.21. The van der Waals surface area contributed by atoms with Crippen LogP contribution in [-0.2, 0) is 14.8 Å². The van der Waals surface area contributed by atoms with Crippen LogP contribution < -0.4 is 4.72 Å². The molecule has 0 spiro atoms. The molecule has 0 saturated carbocycles. The molecule has 1 heterocycles. The van der Waals surface area contributed by atoms with Gasteiger partial charge in [0, 0.05) is 6.20 Å². The molecule has 1 rings (SSSR count). The lowest BCUT2D eigenvalue weighted by Gasteiger charge is -2.09. The van der Waals surface area contributed by atoms with Gasteiger partial charge < -0.3 is 5.11 Å². The van der Waals surface area contributed by atoms with Crippen LogP contribution in [0.1, 0.15) is 6.92 Å². The van der Waals surface area contributed by atoms with Crippen molar-refractivity contribution in [2.24, 2.45) is 0 Å². The van der Waals surface area contributed by atoms with Crippen LogP contribution in [-0.4, -0.2) is 30.5 Å². The van der Waals surface area contributed by atoms with Crippen molar-refractivity contribution in [1.29, 1.82) is 0 Å². The Balaban J connectivity index is 2.99. The summed E-state index contributed by atoms with van der Waals surface area (Å²) in [6, 6.07) is -0.544. The van der Waals surface area contributed by atoms with Crippen LogP contribution >= 0.6 is 0 Å². The van der Waals surface area contributed by atoms with E-state index in [2.05, 4.69) is 4.98 Å². The van der Waals surface area contributed by atoms with Crippen LogP contribution in [0.15, 0.2) is 23.4 Å². The molecule has 6 nitrogen and oxygen atoms in total. The summed E-state index contributed by atoms with van der Waals surface area (Å²) in [4.78, 5) is 13.4. The molecule has 0 unspecified atom stereocenters. The van der Waals surface area contributed by atoms with Crippen molar-refractivity contribution in [3.63, 3.8) is 0 Å². The van der Waals surface area contributed by atoms with Crippen molar-refractivity contribution < 1.29 is 22.7 Å². The molecule has 88 valence electrons. The van der Waals surface area contributed by atoms with E-state index < -0.39 is 32.7 Å². The Hall–Kier alpha value is -1.54. The van der Waals surface area contributed by atoms with E-state index in [0.29, 0.717) is 0 Å². The number of carboxylic acid groups (broad SMARTS) is 1. The SMILES string of the molecule is C[C@H](NS(=O)(=O)c1cncc(F)c1)C(=O)O. The zero-order valence-electron chi connectivity index (χ0n) is 8.21. The Bertz CT molecular complexity index is 503. The van der Waals surface area contributed by atoms with Crippen molar-refractivity contribution in [3.8, 4) is 0 Å². The number of nitrogens with one attached hydrogen (secondary N) is 1. The number of nitrogens with zero attached hydrogens (tertiary/aromatic N) is 1. The van der Waals surface area contributed by atoms with E-state index >= 15 is 0 Å². The van der Waals surface area contributed by atoms with Gasteiger partial charge >= 0.3 is 5.97 Å². The molecule has 0 saturated heterocycles. The summed E-state index contributed by atoms with van der Waals surface area (Å²) in [5.41, 5.74) is 0.